The van der Waals surface area contributed by atoms with Gasteiger partial charge in [0, 0.05) is 6.54 Å². The molecule has 112 valence electrons. The van der Waals surface area contributed by atoms with Crippen LogP contribution in [0.5, 0.6) is 0 Å². The summed E-state index contributed by atoms with van der Waals surface area (Å²) in [4.78, 5) is 0.248. The van der Waals surface area contributed by atoms with E-state index < -0.39 is 15.6 Å². The zero-order chi connectivity index (χ0) is 15.5. The molecule has 4 nitrogen and oxygen atoms in total. The van der Waals surface area contributed by atoms with Crippen LogP contribution in [0.2, 0.25) is 0 Å². The van der Waals surface area contributed by atoms with Crippen molar-refractivity contribution in [1.29, 1.82) is 0 Å². The Morgan fingerprint density at radius 1 is 1.00 bits per heavy atom. The fourth-order valence-corrected chi connectivity index (χ4v) is 2.93. The fourth-order valence-electron chi connectivity index (χ4n) is 1.89. The predicted octanol–water partition coefficient (Wildman–Crippen LogP) is 2.39. The normalized spacial score (nSPS) is 12.3. The van der Waals surface area contributed by atoms with Gasteiger partial charge in [0.05, 0.1) is 10.5 Å². The topological polar surface area (TPSA) is 66.4 Å². The van der Waals surface area contributed by atoms with Crippen LogP contribution in [-0.4, -0.2) is 13.5 Å². The number of sulfonamides is 1. The van der Waals surface area contributed by atoms with Gasteiger partial charge in [0.15, 0.2) is 0 Å². The van der Waals surface area contributed by atoms with Gasteiger partial charge in [0.2, 0.25) is 10.0 Å². The van der Waals surface area contributed by atoms with Gasteiger partial charge in [-0.2, -0.15) is 0 Å². The maximum Gasteiger partial charge on any atom is 0.240 e. The van der Waals surface area contributed by atoms with Crippen molar-refractivity contribution in [2.45, 2.75) is 30.9 Å². The molecular weight excluding hydrogens is 286 g/mol. The number of benzene rings is 2. The summed E-state index contributed by atoms with van der Waals surface area (Å²) in [6, 6.07) is 15.5. The first-order valence-electron chi connectivity index (χ1n) is 6.65. The van der Waals surface area contributed by atoms with Crippen molar-refractivity contribution in [3.8, 4) is 0 Å². The van der Waals surface area contributed by atoms with Crippen molar-refractivity contribution in [3.63, 3.8) is 0 Å². The van der Waals surface area contributed by atoms with Gasteiger partial charge in [0.25, 0.3) is 0 Å². The van der Waals surface area contributed by atoms with Gasteiger partial charge in [-0.25, -0.2) is 13.1 Å². The van der Waals surface area contributed by atoms with E-state index in [1.54, 1.807) is 68.4 Å². The first kappa shape index (κ1) is 15.7. The Bertz CT molecular complexity index is 687. The van der Waals surface area contributed by atoms with Gasteiger partial charge in [-0.15, -0.1) is 0 Å². The monoisotopic (exact) mass is 305 g/mol. The van der Waals surface area contributed by atoms with Gasteiger partial charge in [0.1, 0.15) is 0 Å². The molecule has 0 aliphatic carbocycles. The predicted molar refractivity (Wildman–Crippen MR) is 82.2 cm³/mol. The second-order valence-electron chi connectivity index (χ2n) is 5.39. The first-order chi connectivity index (χ1) is 9.79. The minimum absolute atomic E-state index is 0.212. The first-order valence-corrected chi connectivity index (χ1v) is 8.14. The minimum Gasteiger partial charge on any atom is -0.386 e. The lowest BCUT2D eigenvalue weighted by Crippen LogP contribution is -2.23. The molecule has 0 saturated heterocycles. The quantitative estimate of drug-likeness (QED) is 0.891. The molecule has 0 radical (unpaired) electrons. The average Bonchev–Trinajstić information content (AvgIpc) is 2.46. The molecule has 0 aromatic heterocycles. The van der Waals surface area contributed by atoms with Crippen LogP contribution in [0, 0.1) is 0 Å². The van der Waals surface area contributed by atoms with Crippen molar-refractivity contribution in [1.82, 2.24) is 4.72 Å². The van der Waals surface area contributed by atoms with Crippen LogP contribution in [-0.2, 0) is 22.2 Å². The Labute approximate surface area is 125 Å². The van der Waals surface area contributed by atoms with Gasteiger partial charge in [-0.05, 0) is 37.1 Å². The number of aliphatic hydroxyl groups is 1. The third-order valence-electron chi connectivity index (χ3n) is 3.18. The third kappa shape index (κ3) is 4.14. The summed E-state index contributed by atoms with van der Waals surface area (Å²) < 4.78 is 26.7. The molecule has 0 fully saturated rings. The highest BCUT2D eigenvalue weighted by atomic mass is 32.2. The largest absolute Gasteiger partial charge is 0.386 e. The Morgan fingerprint density at radius 3 is 2.10 bits per heavy atom. The molecule has 0 aliphatic heterocycles. The second kappa shape index (κ2) is 5.97. The zero-order valence-electron chi connectivity index (χ0n) is 12.1. The highest BCUT2D eigenvalue weighted by Gasteiger charge is 2.16. The highest BCUT2D eigenvalue weighted by Crippen LogP contribution is 2.19. The van der Waals surface area contributed by atoms with Crippen LogP contribution >= 0.6 is 0 Å². The molecule has 0 heterocycles. The summed E-state index contributed by atoms with van der Waals surface area (Å²) in [7, 11) is -3.50. The highest BCUT2D eigenvalue weighted by molar-refractivity contribution is 7.89. The van der Waals surface area contributed by atoms with Crippen molar-refractivity contribution < 1.29 is 13.5 Å². The zero-order valence-corrected chi connectivity index (χ0v) is 12.9. The van der Waals surface area contributed by atoms with E-state index in [0.29, 0.717) is 0 Å². The van der Waals surface area contributed by atoms with E-state index in [1.165, 1.54) is 0 Å². The molecule has 0 unspecified atom stereocenters. The number of rotatable bonds is 5. The van der Waals surface area contributed by atoms with E-state index in [-0.39, 0.29) is 11.4 Å². The standard InChI is InChI=1S/C16H19NO3S/c1-16(2,18)14-10-8-13(9-11-14)12-17-21(19,20)15-6-4-3-5-7-15/h3-11,17-18H,12H2,1-2H3. The molecule has 21 heavy (non-hydrogen) atoms. The lowest BCUT2D eigenvalue weighted by Gasteiger charge is -2.18. The van der Waals surface area contributed by atoms with E-state index in [1.807, 2.05) is 0 Å². The van der Waals surface area contributed by atoms with Gasteiger partial charge in [-0.3, -0.25) is 0 Å². The molecule has 2 aromatic carbocycles. The molecule has 0 spiro atoms. The molecule has 5 heteroatoms. The van der Waals surface area contributed by atoms with Gasteiger partial charge in [-0.1, -0.05) is 42.5 Å². The van der Waals surface area contributed by atoms with E-state index in [0.717, 1.165) is 11.1 Å². The lowest BCUT2D eigenvalue weighted by atomic mass is 9.97. The van der Waals surface area contributed by atoms with Crippen molar-refractivity contribution in [2.24, 2.45) is 0 Å². The Balaban J connectivity index is 2.07. The molecule has 2 aromatic rings. The molecule has 2 N–H and O–H groups in total. The average molecular weight is 305 g/mol. The van der Waals surface area contributed by atoms with E-state index >= 15 is 0 Å². The van der Waals surface area contributed by atoms with E-state index in [9.17, 15) is 13.5 Å². The second-order valence-corrected chi connectivity index (χ2v) is 7.16. The summed E-state index contributed by atoms with van der Waals surface area (Å²) in [6.07, 6.45) is 0. The van der Waals surface area contributed by atoms with Crippen LogP contribution in [0.3, 0.4) is 0 Å². The lowest BCUT2D eigenvalue weighted by molar-refractivity contribution is 0.0786. The molecule has 0 bridgehead atoms. The van der Waals surface area contributed by atoms with E-state index in [2.05, 4.69) is 4.72 Å². The summed E-state index contributed by atoms with van der Waals surface area (Å²) >= 11 is 0. The molecule has 0 atom stereocenters. The minimum atomic E-state index is -3.50. The van der Waals surface area contributed by atoms with Crippen molar-refractivity contribution in [3.05, 3.63) is 65.7 Å². The van der Waals surface area contributed by atoms with Crippen LogP contribution in [0.1, 0.15) is 25.0 Å². The number of hydrogen-bond donors (Lipinski definition) is 2. The van der Waals surface area contributed by atoms with Crippen molar-refractivity contribution in [2.75, 3.05) is 0 Å². The maximum atomic E-state index is 12.1. The fraction of sp³-hybridized carbons (Fsp3) is 0.250. The van der Waals surface area contributed by atoms with Crippen LogP contribution in [0.25, 0.3) is 0 Å². The molecule has 0 saturated carbocycles. The molecule has 2 rings (SSSR count). The van der Waals surface area contributed by atoms with Crippen LogP contribution in [0.15, 0.2) is 59.5 Å². The Hall–Kier alpha value is -1.69. The molecular formula is C16H19NO3S. The Morgan fingerprint density at radius 2 is 1.57 bits per heavy atom. The van der Waals surface area contributed by atoms with Gasteiger partial charge >= 0.3 is 0 Å². The summed E-state index contributed by atoms with van der Waals surface area (Å²) in [5.41, 5.74) is 0.724. The third-order valence-corrected chi connectivity index (χ3v) is 4.60. The molecule has 0 amide bonds. The smallest absolute Gasteiger partial charge is 0.240 e. The SMILES string of the molecule is CC(C)(O)c1ccc(CNS(=O)(=O)c2ccccc2)cc1. The number of nitrogens with one attached hydrogen (secondary N) is 1. The molecule has 0 aliphatic rings. The van der Waals surface area contributed by atoms with Crippen molar-refractivity contribution >= 4 is 10.0 Å². The van der Waals surface area contributed by atoms with Crippen LogP contribution in [0.4, 0.5) is 0 Å². The Kier molecular flexibility index (Phi) is 4.46. The van der Waals surface area contributed by atoms with Gasteiger partial charge < -0.3 is 5.11 Å². The summed E-state index contributed by atoms with van der Waals surface area (Å²) in [6.45, 7) is 3.63. The maximum absolute atomic E-state index is 12.1. The van der Waals surface area contributed by atoms with E-state index in [4.69, 9.17) is 0 Å². The summed E-state index contributed by atoms with van der Waals surface area (Å²) in [5, 5.41) is 9.88. The summed E-state index contributed by atoms with van der Waals surface area (Å²) in [5.74, 6) is 0. The number of hydrogen-bond acceptors (Lipinski definition) is 3. The van der Waals surface area contributed by atoms with Crippen LogP contribution < -0.4 is 4.72 Å².